The van der Waals surface area contributed by atoms with Crippen molar-refractivity contribution in [2.75, 3.05) is 45.5 Å². The predicted octanol–water partition coefficient (Wildman–Crippen LogP) is 1.13. The van der Waals surface area contributed by atoms with E-state index in [2.05, 4.69) is 11.0 Å². The number of carbonyl (C=O) groups is 1. The van der Waals surface area contributed by atoms with Gasteiger partial charge in [0.2, 0.25) is 15.9 Å². The van der Waals surface area contributed by atoms with E-state index in [1.54, 1.807) is 11.3 Å². The summed E-state index contributed by atoms with van der Waals surface area (Å²) in [7, 11) is -3.17. The van der Waals surface area contributed by atoms with Gasteiger partial charge in [-0.15, -0.1) is 11.3 Å². The Morgan fingerprint density at radius 2 is 1.88 bits per heavy atom. The average Bonchev–Trinajstić information content (AvgIpc) is 3.16. The fourth-order valence-electron chi connectivity index (χ4n) is 3.67. The van der Waals surface area contributed by atoms with E-state index in [1.165, 1.54) is 10.6 Å². The molecule has 2 aliphatic heterocycles. The first-order valence-corrected chi connectivity index (χ1v) is 11.5. The highest BCUT2D eigenvalue weighted by Gasteiger charge is 2.34. The van der Waals surface area contributed by atoms with Crippen LogP contribution in [0.25, 0.3) is 0 Å². The summed E-state index contributed by atoms with van der Waals surface area (Å²) in [5.74, 6) is 0.0334. The molecule has 7 nitrogen and oxygen atoms in total. The summed E-state index contributed by atoms with van der Waals surface area (Å²) in [5.41, 5.74) is 0. The van der Waals surface area contributed by atoms with Gasteiger partial charge >= 0.3 is 0 Å². The Morgan fingerprint density at radius 1 is 1.23 bits per heavy atom. The highest BCUT2D eigenvalue weighted by atomic mass is 32.2. The van der Waals surface area contributed by atoms with Crippen LogP contribution < -0.4 is 0 Å². The Hall–Kier alpha value is -1.47. The van der Waals surface area contributed by atoms with E-state index in [0.717, 1.165) is 4.88 Å². The number of thiophene rings is 1. The standard InChI is InChI=1S/C17H24N4O3S2/c1-26(23,24)21-6-4-14(5-7-21)17(22)20-10-8-19(9-11-20)15(13-18)16-3-2-12-25-16/h2-3,12,14-15H,4-11H2,1H3. The summed E-state index contributed by atoms with van der Waals surface area (Å²) in [5, 5.41) is 11.5. The summed E-state index contributed by atoms with van der Waals surface area (Å²) in [6, 6.07) is 6.06. The molecule has 0 aliphatic carbocycles. The van der Waals surface area contributed by atoms with Crippen LogP contribution in [0.1, 0.15) is 23.8 Å². The summed E-state index contributed by atoms with van der Waals surface area (Å²) in [6.07, 6.45) is 2.39. The van der Waals surface area contributed by atoms with Crippen LogP contribution >= 0.6 is 11.3 Å². The van der Waals surface area contributed by atoms with Crippen LogP contribution in [-0.2, 0) is 14.8 Å². The first-order chi connectivity index (χ1) is 12.4. The maximum absolute atomic E-state index is 12.8. The van der Waals surface area contributed by atoms with Crippen molar-refractivity contribution in [1.82, 2.24) is 14.1 Å². The monoisotopic (exact) mass is 396 g/mol. The zero-order chi connectivity index (χ0) is 18.7. The lowest BCUT2D eigenvalue weighted by Crippen LogP contribution is -2.52. The lowest BCUT2D eigenvalue weighted by atomic mass is 9.96. The summed E-state index contributed by atoms with van der Waals surface area (Å²) in [4.78, 5) is 17.8. The van der Waals surface area contributed by atoms with Crippen molar-refractivity contribution in [3.8, 4) is 6.07 Å². The van der Waals surface area contributed by atoms with Gasteiger partial charge in [-0.1, -0.05) is 6.07 Å². The molecule has 1 aromatic heterocycles. The van der Waals surface area contributed by atoms with Crippen molar-refractivity contribution in [3.05, 3.63) is 22.4 Å². The van der Waals surface area contributed by atoms with E-state index in [-0.39, 0.29) is 17.9 Å². The highest BCUT2D eigenvalue weighted by molar-refractivity contribution is 7.88. The van der Waals surface area contributed by atoms with Crippen molar-refractivity contribution in [1.29, 1.82) is 5.26 Å². The minimum Gasteiger partial charge on any atom is -0.340 e. The molecule has 0 radical (unpaired) electrons. The second kappa shape index (κ2) is 8.05. The zero-order valence-electron chi connectivity index (χ0n) is 14.9. The van der Waals surface area contributed by atoms with Crippen molar-refractivity contribution >= 4 is 27.3 Å². The third-order valence-electron chi connectivity index (χ3n) is 5.20. The quantitative estimate of drug-likeness (QED) is 0.762. The Morgan fingerprint density at radius 3 is 2.38 bits per heavy atom. The third-order valence-corrected chi connectivity index (χ3v) is 7.43. The Kier molecular flexibility index (Phi) is 5.97. The summed E-state index contributed by atoms with van der Waals surface area (Å²) >= 11 is 1.58. The van der Waals surface area contributed by atoms with Crippen LogP contribution in [-0.4, -0.2) is 74.0 Å². The molecule has 1 atom stereocenters. The molecule has 1 unspecified atom stereocenters. The fraction of sp³-hybridized carbons (Fsp3) is 0.647. The van der Waals surface area contributed by atoms with Gasteiger partial charge in [0.1, 0.15) is 6.04 Å². The summed E-state index contributed by atoms with van der Waals surface area (Å²) < 4.78 is 24.6. The van der Waals surface area contributed by atoms with Gasteiger partial charge in [-0.25, -0.2) is 12.7 Å². The molecule has 2 aliphatic rings. The van der Waals surface area contributed by atoms with Gasteiger partial charge in [0, 0.05) is 50.1 Å². The minimum atomic E-state index is -3.17. The van der Waals surface area contributed by atoms with Gasteiger partial charge in [-0.3, -0.25) is 9.69 Å². The number of nitrogens with zero attached hydrogens (tertiary/aromatic N) is 4. The Labute approximate surface area is 158 Å². The van der Waals surface area contributed by atoms with Crippen LogP contribution in [0.15, 0.2) is 17.5 Å². The third kappa shape index (κ3) is 4.26. The molecule has 2 fully saturated rings. The van der Waals surface area contributed by atoms with Crippen LogP contribution in [0.2, 0.25) is 0 Å². The van der Waals surface area contributed by atoms with Gasteiger partial charge < -0.3 is 4.90 Å². The number of sulfonamides is 1. The van der Waals surface area contributed by atoms with E-state index in [4.69, 9.17) is 0 Å². The Balaban J connectivity index is 1.52. The van der Waals surface area contributed by atoms with Crippen molar-refractivity contribution in [3.63, 3.8) is 0 Å². The fourth-order valence-corrected chi connectivity index (χ4v) is 5.34. The number of hydrogen-bond donors (Lipinski definition) is 0. The van der Waals surface area contributed by atoms with Crippen LogP contribution in [0.3, 0.4) is 0 Å². The molecule has 1 aromatic rings. The second-order valence-corrected chi connectivity index (χ2v) is 9.81. The van der Waals surface area contributed by atoms with Gasteiger partial charge in [-0.2, -0.15) is 5.26 Å². The number of nitriles is 1. The minimum absolute atomic E-state index is 0.0939. The van der Waals surface area contributed by atoms with Crippen LogP contribution in [0, 0.1) is 17.2 Å². The number of amides is 1. The molecule has 26 heavy (non-hydrogen) atoms. The maximum atomic E-state index is 12.8. The SMILES string of the molecule is CS(=O)(=O)N1CCC(C(=O)N2CCN(C(C#N)c3cccs3)CC2)CC1. The number of hydrogen-bond acceptors (Lipinski definition) is 6. The average molecular weight is 397 g/mol. The number of rotatable bonds is 4. The summed E-state index contributed by atoms with van der Waals surface area (Å²) in [6.45, 7) is 3.45. The molecule has 0 N–H and O–H groups in total. The molecular weight excluding hydrogens is 372 g/mol. The van der Waals surface area contributed by atoms with Gasteiger partial charge in [0.25, 0.3) is 0 Å². The molecule has 3 rings (SSSR count). The maximum Gasteiger partial charge on any atom is 0.225 e. The molecular formula is C17H24N4O3S2. The van der Waals surface area contributed by atoms with E-state index in [9.17, 15) is 18.5 Å². The first-order valence-electron chi connectivity index (χ1n) is 8.81. The topological polar surface area (TPSA) is 84.7 Å². The normalized spacial score (nSPS) is 22.1. The van der Waals surface area contributed by atoms with E-state index in [0.29, 0.717) is 52.1 Å². The van der Waals surface area contributed by atoms with Gasteiger partial charge in [0.15, 0.2) is 0 Å². The molecule has 0 bridgehead atoms. The Bertz CT molecular complexity index is 756. The van der Waals surface area contributed by atoms with Crippen molar-refractivity contribution in [2.45, 2.75) is 18.9 Å². The van der Waals surface area contributed by atoms with E-state index < -0.39 is 10.0 Å². The molecule has 0 aromatic carbocycles. The lowest BCUT2D eigenvalue weighted by Gasteiger charge is -2.39. The largest absolute Gasteiger partial charge is 0.340 e. The van der Waals surface area contributed by atoms with Crippen molar-refractivity contribution in [2.24, 2.45) is 5.92 Å². The smallest absolute Gasteiger partial charge is 0.225 e. The van der Waals surface area contributed by atoms with E-state index >= 15 is 0 Å². The number of piperazine rings is 1. The lowest BCUT2D eigenvalue weighted by molar-refractivity contribution is -0.138. The van der Waals surface area contributed by atoms with Crippen LogP contribution in [0.5, 0.6) is 0 Å². The van der Waals surface area contributed by atoms with Gasteiger partial charge in [-0.05, 0) is 24.3 Å². The molecule has 142 valence electrons. The zero-order valence-corrected chi connectivity index (χ0v) is 16.5. The molecule has 0 saturated carbocycles. The van der Waals surface area contributed by atoms with Crippen LogP contribution in [0.4, 0.5) is 0 Å². The molecule has 0 spiro atoms. The van der Waals surface area contributed by atoms with Crippen molar-refractivity contribution < 1.29 is 13.2 Å². The number of carbonyl (C=O) groups excluding carboxylic acids is 1. The highest BCUT2D eigenvalue weighted by Crippen LogP contribution is 2.27. The molecule has 3 heterocycles. The van der Waals surface area contributed by atoms with E-state index in [1.807, 2.05) is 22.4 Å². The molecule has 9 heteroatoms. The first kappa shape index (κ1) is 19.3. The molecule has 2 saturated heterocycles. The predicted molar refractivity (Wildman–Crippen MR) is 100.0 cm³/mol. The number of piperidine rings is 1. The molecule has 1 amide bonds. The van der Waals surface area contributed by atoms with Gasteiger partial charge in [0.05, 0.1) is 12.3 Å². The second-order valence-electron chi connectivity index (χ2n) is 6.84.